The Kier molecular flexibility index (Phi) is 4.01. The maximum Gasteiger partial charge on any atom is 0.349 e. The average molecular weight is 306 g/mol. The number of para-hydroxylation sites is 1. The first-order valence-corrected chi connectivity index (χ1v) is 7.06. The second kappa shape index (κ2) is 6.27. The minimum Gasteiger partial charge on any atom is -0.422 e. The molecule has 0 atom stereocenters. The highest BCUT2D eigenvalue weighted by molar-refractivity contribution is 5.97. The molecule has 3 rings (SSSR count). The number of rotatable bonds is 3. The second-order valence-electron chi connectivity index (χ2n) is 5.10. The molecule has 0 fully saturated rings. The van der Waals surface area contributed by atoms with Gasteiger partial charge in [0.05, 0.1) is 6.21 Å². The van der Waals surface area contributed by atoms with E-state index in [0.717, 1.165) is 11.1 Å². The number of hydrogen-bond donors (Lipinski definition) is 1. The van der Waals surface area contributed by atoms with E-state index in [9.17, 15) is 9.59 Å². The molecule has 1 amide bonds. The Morgan fingerprint density at radius 1 is 1.13 bits per heavy atom. The van der Waals surface area contributed by atoms with Gasteiger partial charge in [0.2, 0.25) is 0 Å². The Morgan fingerprint density at radius 2 is 1.87 bits per heavy atom. The lowest BCUT2D eigenvalue weighted by atomic mass is 10.2. The van der Waals surface area contributed by atoms with Crippen molar-refractivity contribution in [1.29, 1.82) is 0 Å². The van der Waals surface area contributed by atoms with Gasteiger partial charge in [-0.1, -0.05) is 48.0 Å². The summed E-state index contributed by atoms with van der Waals surface area (Å²) in [5.74, 6) is -0.604. The predicted molar refractivity (Wildman–Crippen MR) is 88.7 cm³/mol. The maximum atomic E-state index is 12.1. The average Bonchev–Trinajstić information content (AvgIpc) is 2.56. The molecular formula is C18H14N2O3. The van der Waals surface area contributed by atoms with Gasteiger partial charge in [-0.3, -0.25) is 4.79 Å². The molecule has 5 heteroatoms. The molecule has 3 aromatic rings. The normalized spacial score (nSPS) is 11.0. The zero-order chi connectivity index (χ0) is 16.2. The van der Waals surface area contributed by atoms with Crippen molar-refractivity contribution in [2.45, 2.75) is 6.92 Å². The van der Waals surface area contributed by atoms with E-state index in [1.165, 1.54) is 12.3 Å². The molecule has 0 aliphatic heterocycles. The van der Waals surface area contributed by atoms with E-state index in [4.69, 9.17) is 4.42 Å². The van der Waals surface area contributed by atoms with Crippen LogP contribution in [0.2, 0.25) is 0 Å². The first-order chi connectivity index (χ1) is 11.1. The van der Waals surface area contributed by atoms with Gasteiger partial charge in [-0.25, -0.2) is 10.2 Å². The van der Waals surface area contributed by atoms with Gasteiger partial charge in [0, 0.05) is 5.39 Å². The molecule has 0 radical (unpaired) electrons. The van der Waals surface area contributed by atoms with E-state index in [-0.39, 0.29) is 5.56 Å². The van der Waals surface area contributed by atoms with Crippen LogP contribution >= 0.6 is 0 Å². The van der Waals surface area contributed by atoms with Gasteiger partial charge >= 0.3 is 5.63 Å². The number of carbonyl (C=O) groups excluding carboxylic acids is 1. The van der Waals surface area contributed by atoms with Crippen LogP contribution < -0.4 is 11.1 Å². The van der Waals surface area contributed by atoms with Gasteiger partial charge in [-0.2, -0.15) is 5.10 Å². The van der Waals surface area contributed by atoms with Crippen molar-refractivity contribution in [1.82, 2.24) is 5.43 Å². The Bertz CT molecular complexity index is 940. The lowest BCUT2D eigenvalue weighted by Gasteiger charge is -2.01. The summed E-state index contributed by atoms with van der Waals surface area (Å²) in [7, 11) is 0. The molecule has 0 aliphatic carbocycles. The standard InChI is InChI=1S/C18H14N2O3/c1-12-6-8-13(9-7-12)11-19-20-17(21)15-10-14-4-2-3-5-16(14)23-18(15)22/h2-11H,1H3,(H,20,21)/b19-11+. The lowest BCUT2D eigenvalue weighted by molar-refractivity contribution is 0.0951. The van der Waals surface area contributed by atoms with Crippen molar-refractivity contribution in [3.8, 4) is 0 Å². The zero-order valence-corrected chi connectivity index (χ0v) is 12.4. The van der Waals surface area contributed by atoms with Gasteiger partial charge in [-0.05, 0) is 24.6 Å². The summed E-state index contributed by atoms with van der Waals surface area (Å²) in [5.41, 5.74) is 4.00. The summed E-state index contributed by atoms with van der Waals surface area (Å²) in [6.45, 7) is 1.99. The van der Waals surface area contributed by atoms with Gasteiger partial charge < -0.3 is 4.42 Å². The largest absolute Gasteiger partial charge is 0.422 e. The van der Waals surface area contributed by atoms with Crippen LogP contribution in [0.1, 0.15) is 21.5 Å². The SMILES string of the molecule is Cc1ccc(/C=N/NC(=O)c2cc3ccccc3oc2=O)cc1. The predicted octanol–water partition coefficient (Wildman–Crippen LogP) is 2.87. The number of amides is 1. The zero-order valence-electron chi connectivity index (χ0n) is 12.4. The highest BCUT2D eigenvalue weighted by atomic mass is 16.4. The summed E-state index contributed by atoms with van der Waals surface area (Å²) in [5, 5.41) is 4.54. The minimum absolute atomic E-state index is 0.0789. The summed E-state index contributed by atoms with van der Waals surface area (Å²) in [4.78, 5) is 23.9. The number of hydrazone groups is 1. The Balaban J connectivity index is 1.79. The Morgan fingerprint density at radius 3 is 2.65 bits per heavy atom. The van der Waals surface area contributed by atoms with E-state index < -0.39 is 11.5 Å². The minimum atomic E-state index is -0.688. The third kappa shape index (κ3) is 3.35. The molecule has 23 heavy (non-hydrogen) atoms. The van der Waals surface area contributed by atoms with Crippen LogP contribution in [-0.2, 0) is 0 Å². The molecule has 0 unspecified atom stereocenters. The smallest absolute Gasteiger partial charge is 0.349 e. The molecule has 0 bridgehead atoms. The van der Waals surface area contributed by atoms with E-state index in [2.05, 4.69) is 10.5 Å². The van der Waals surface area contributed by atoms with Gasteiger partial charge in [-0.15, -0.1) is 0 Å². The van der Waals surface area contributed by atoms with E-state index >= 15 is 0 Å². The second-order valence-corrected chi connectivity index (χ2v) is 5.10. The topological polar surface area (TPSA) is 71.7 Å². The van der Waals surface area contributed by atoms with Crippen LogP contribution in [0, 0.1) is 6.92 Å². The number of nitrogens with one attached hydrogen (secondary N) is 1. The molecule has 1 N–H and O–H groups in total. The molecule has 0 spiro atoms. The van der Waals surface area contributed by atoms with E-state index in [1.54, 1.807) is 24.3 Å². The molecular weight excluding hydrogens is 292 g/mol. The van der Waals surface area contributed by atoms with Gasteiger partial charge in [0.1, 0.15) is 11.1 Å². The van der Waals surface area contributed by atoms with Crippen molar-refractivity contribution in [3.05, 3.63) is 81.7 Å². The molecule has 1 aromatic heterocycles. The third-order valence-corrected chi connectivity index (χ3v) is 3.34. The summed E-state index contributed by atoms with van der Waals surface area (Å²) < 4.78 is 5.12. The fraction of sp³-hybridized carbons (Fsp3) is 0.0556. The van der Waals surface area contributed by atoms with Crippen LogP contribution in [-0.4, -0.2) is 12.1 Å². The van der Waals surface area contributed by atoms with Gasteiger partial charge in [0.25, 0.3) is 5.91 Å². The number of nitrogens with zero attached hydrogens (tertiary/aromatic N) is 1. The third-order valence-electron chi connectivity index (χ3n) is 3.34. The first-order valence-electron chi connectivity index (χ1n) is 7.06. The molecule has 114 valence electrons. The fourth-order valence-corrected chi connectivity index (χ4v) is 2.10. The summed E-state index contributed by atoms with van der Waals surface area (Å²) >= 11 is 0. The van der Waals surface area contributed by atoms with E-state index in [1.807, 2.05) is 31.2 Å². The molecule has 0 aliphatic rings. The van der Waals surface area contributed by atoms with Crippen LogP contribution in [0.25, 0.3) is 11.0 Å². The number of carbonyl (C=O) groups is 1. The summed E-state index contributed by atoms with van der Waals surface area (Å²) in [6.07, 6.45) is 1.51. The molecule has 5 nitrogen and oxygen atoms in total. The van der Waals surface area contributed by atoms with Gasteiger partial charge in [0.15, 0.2) is 0 Å². The van der Waals surface area contributed by atoms with Crippen LogP contribution in [0.4, 0.5) is 0 Å². The summed E-state index contributed by atoms with van der Waals surface area (Å²) in [6, 6.07) is 16.2. The van der Waals surface area contributed by atoms with Crippen LogP contribution in [0.3, 0.4) is 0 Å². The number of hydrogen-bond acceptors (Lipinski definition) is 4. The number of fused-ring (bicyclic) bond motifs is 1. The molecule has 0 saturated heterocycles. The highest BCUT2D eigenvalue weighted by Gasteiger charge is 2.12. The molecule has 1 heterocycles. The van der Waals surface area contributed by atoms with Crippen molar-refractivity contribution in [2.24, 2.45) is 5.10 Å². The van der Waals surface area contributed by atoms with Crippen LogP contribution in [0.5, 0.6) is 0 Å². The van der Waals surface area contributed by atoms with Crippen molar-refractivity contribution in [3.63, 3.8) is 0 Å². The number of benzene rings is 2. The molecule has 2 aromatic carbocycles. The first kappa shape index (κ1) is 14.7. The fourth-order valence-electron chi connectivity index (χ4n) is 2.10. The lowest BCUT2D eigenvalue weighted by Crippen LogP contribution is -2.24. The number of aryl methyl sites for hydroxylation is 1. The van der Waals surface area contributed by atoms with Crippen molar-refractivity contribution in [2.75, 3.05) is 0 Å². The van der Waals surface area contributed by atoms with E-state index in [0.29, 0.717) is 11.0 Å². The van der Waals surface area contributed by atoms with Crippen LogP contribution in [0.15, 0.2) is 68.9 Å². The van der Waals surface area contributed by atoms with Crippen molar-refractivity contribution >= 4 is 23.1 Å². The monoisotopic (exact) mass is 306 g/mol. The highest BCUT2D eigenvalue weighted by Crippen LogP contribution is 2.12. The Labute approximate surface area is 132 Å². The quantitative estimate of drug-likeness (QED) is 0.459. The molecule has 0 saturated carbocycles. The van der Waals surface area contributed by atoms with Crippen molar-refractivity contribution < 1.29 is 9.21 Å². The maximum absolute atomic E-state index is 12.1. The Hall–Kier alpha value is -3.21.